The number of aryl methyl sites for hydroxylation is 1. The maximum absolute atomic E-state index is 10.2. The van der Waals surface area contributed by atoms with Gasteiger partial charge in [-0.3, -0.25) is 0 Å². The third-order valence-corrected chi connectivity index (χ3v) is 3.13. The molecule has 0 aliphatic carbocycles. The molecule has 3 rings (SSSR count). The monoisotopic (exact) mass is 253 g/mol. The predicted octanol–water partition coefficient (Wildman–Crippen LogP) is 3.41. The van der Waals surface area contributed by atoms with Gasteiger partial charge in [0, 0.05) is 0 Å². The predicted molar refractivity (Wildman–Crippen MR) is 73.9 cm³/mol. The third kappa shape index (κ3) is 2.51. The van der Waals surface area contributed by atoms with Gasteiger partial charge in [-0.1, -0.05) is 42.0 Å². The summed E-state index contributed by atoms with van der Waals surface area (Å²) in [6, 6.07) is 15.5. The van der Waals surface area contributed by atoms with E-state index in [0.29, 0.717) is 12.3 Å². The molecule has 1 atom stereocenters. The highest BCUT2D eigenvalue weighted by molar-refractivity contribution is 5.72. The number of fused-ring (bicyclic) bond motifs is 1. The quantitative estimate of drug-likeness (QED) is 0.778. The smallest absolute Gasteiger partial charge is 0.198 e. The van der Waals surface area contributed by atoms with Crippen LogP contribution in [-0.2, 0) is 6.42 Å². The van der Waals surface area contributed by atoms with E-state index in [1.165, 1.54) is 0 Å². The number of hydrogen-bond acceptors (Lipinski definition) is 3. The molecular formula is C16H15NO2. The van der Waals surface area contributed by atoms with Gasteiger partial charge in [0.05, 0.1) is 12.5 Å². The van der Waals surface area contributed by atoms with Crippen molar-refractivity contribution in [3.63, 3.8) is 0 Å². The van der Waals surface area contributed by atoms with Gasteiger partial charge in [0.1, 0.15) is 5.52 Å². The van der Waals surface area contributed by atoms with Gasteiger partial charge in [-0.25, -0.2) is 4.98 Å². The minimum absolute atomic E-state index is 0.387. The summed E-state index contributed by atoms with van der Waals surface area (Å²) in [5, 5.41) is 10.2. The fourth-order valence-corrected chi connectivity index (χ4v) is 2.17. The van der Waals surface area contributed by atoms with Crippen molar-refractivity contribution in [3.8, 4) is 0 Å². The van der Waals surface area contributed by atoms with Crippen molar-refractivity contribution in [2.75, 3.05) is 0 Å². The van der Waals surface area contributed by atoms with Crippen LogP contribution in [0.5, 0.6) is 0 Å². The van der Waals surface area contributed by atoms with E-state index >= 15 is 0 Å². The number of oxazole rings is 1. The Morgan fingerprint density at radius 2 is 2.00 bits per heavy atom. The van der Waals surface area contributed by atoms with Gasteiger partial charge in [0.2, 0.25) is 0 Å². The standard InChI is InChI=1S/C16H15NO2/c1-11-5-4-6-12(9-11)14(18)10-16-17-13-7-2-3-8-15(13)19-16/h2-9,14,18H,10H2,1H3/t14-/m1/s1. The zero-order valence-electron chi connectivity index (χ0n) is 10.7. The first kappa shape index (κ1) is 11.9. The molecule has 96 valence electrons. The molecular weight excluding hydrogens is 238 g/mol. The second-order valence-electron chi connectivity index (χ2n) is 4.71. The molecule has 0 fully saturated rings. The molecule has 0 radical (unpaired) electrons. The summed E-state index contributed by atoms with van der Waals surface area (Å²) >= 11 is 0. The molecule has 3 heteroatoms. The van der Waals surface area contributed by atoms with E-state index in [4.69, 9.17) is 4.42 Å². The van der Waals surface area contributed by atoms with Gasteiger partial charge in [0.25, 0.3) is 0 Å². The van der Waals surface area contributed by atoms with E-state index in [-0.39, 0.29) is 0 Å². The fraction of sp³-hybridized carbons (Fsp3) is 0.188. The van der Waals surface area contributed by atoms with E-state index in [2.05, 4.69) is 4.98 Å². The molecule has 19 heavy (non-hydrogen) atoms. The van der Waals surface area contributed by atoms with Crippen LogP contribution < -0.4 is 0 Å². The summed E-state index contributed by atoms with van der Waals surface area (Å²) in [6.07, 6.45) is -0.203. The summed E-state index contributed by atoms with van der Waals surface area (Å²) in [6.45, 7) is 2.01. The normalized spacial score (nSPS) is 12.7. The average molecular weight is 253 g/mol. The van der Waals surface area contributed by atoms with Crippen LogP contribution in [0.2, 0.25) is 0 Å². The number of para-hydroxylation sites is 2. The van der Waals surface area contributed by atoms with Gasteiger partial charge >= 0.3 is 0 Å². The van der Waals surface area contributed by atoms with Crippen LogP contribution in [-0.4, -0.2) is 10.1 Å². The Bertz CT molecular complexity index is 670. The summed E-state index contributed by atoms with van der Waals surface area (Å²) < 4.78 is 5.62. The Hall–Kier alpha value is -2.13. The number of aliphatic hydroxyl groups is 1. The Morgan fingerprint density at radius 1 is 1.16 bits per heavy atom. The first-order chi connectivity index (χ1) is 9.22. The highest BCUT2D eigenvalue weighted by Gasteiger charge is 2.13. The van der Waals surface area contributed by atoms with E-state index in [1.807, 2.05) is 55.5 Å². The minimum atomic E-state index is -0.590. The van der Waals surface area contributed by atoms with Crippen LogP contribution in [0.15, 0.2) is 52.9 Å². The average Bonchev–Trinajstić information content (AvgIpc) is 2.80. The lowest BCUT2D eigenvalue weighted by Crippen LogP contribution is -2.02. The summed E-state index contributed by atoms with van der Waals surface area (Å²) in [4.78, 5) is 4.37. The molecule has 0 unspecified atom stereocenters. The van der Waals surface area contributed by atoms with Crippen LogP contribution in [0, 0.1) is 6.92 Å². The van der Waals surface area contributed by atoms with Gasteiger partial charge in [-0.05, 0) is 24.6 Å². The number of nitrogens with zero attached hydrogens (tertiary/aromatic N) is 1. The van der Waals surface area contributed by atoms with Gasteiger partial charge < -0.3 is 9.52 Å². The van der Waals surface area contributed by atoms with Crippen LogP contribution in [0.1, 0.15) is 23.1 Å². The van der Waals surface area contributed by atoms with Crippen molar-refractivity contribution in [1.82, 2.24) is 4.98 Å². The largest absolute Gasteiger partial charge is 0.441 e. The second kappa shape index (κ2) is 4.86. The highest BCUT2D eigenvalue weighted by Crippen LogP contribution is 2.21. The molecule has 0 saturated heterocycles. The number of hydrogen-bond donors (Lipinski definition) is 1. The van der Waals surface area contributed by atoms with Crippen LogP contribution in [0.25, 0.3) is 11.1 Å². The first-order valence-electron chi connectivity index (χ1n) is 6.31. The second-order valence-corrected chi connectivity index (χ2v) is 4.71. The zero-order valence-corrected chi connectivity index (χ0v) is 10.7. The van der Waals surface area contributed by atoms with E-state index < -0.39 is 6.10 Å². The zero-order chi connectivity index (χ0) is 13.2. The lowest BCUT2D eigenvalue weighted by Gasteiger charge is -2.09. The molecule has 0 amide bonds. The molecule has 2 aromatic carbocycles. The van der Waals surface area contributed by atoms with Crippen LogP contribution in [0.4, 0.5) is 0 Å². The fourth-order valence-electron chi connectivity index (χ4n) is 2.17. The van der Waals surface area contributed by atoms with Gasteiger partial charge in [0.15, 0.2) is 11.5 Å². The van der Waals surface area contributed by atoms with Crippen molar-refractivity contribution in [2.24, 2.45) is 0 Å². The van der Waals surface area contributed by atoms with Crippen LogP contribution >= 0.6 is 0 Å². The number of aliphatic hydroxyl groups excluding tert-OH is 1. The molecule has 0 aliphatic heterocycles. The lowest BCUT2D eigenvalue weighted by molar-refractivity contribution is 0.169. The molecule has 1 aromatic heterocycles. The first-order valence-corrected chi connectivity index (χ1v) is 6.31. The number of aromatic nitrogens is 1. The molecule has 1 N–H and O–H groups in total. The minimum Gasteiger partial charge on any atom is -0.441 e. The molecule has 3 nitrogen and oxygen atoms in total. The summed E-state index contributed by atoms with van der Waals surface area (Å²) in [7, 11) is 0. The maximum Gasteiger partial charge on any atom is 0.198 e. The van der Waals surface area contributed by atoms with Crippen molar-refractivity contribution in [1.29, 1.82) is 0 Å². The van der Waals surface area contributed by atoms with E-state index in [1.54, 1.807) is 0 Å². The maximum atomic E-state index is 10.2. The van der Waals surface area contributed by atoms with Crippen LogP contribution in [0.3, 0.4) is 0 Å². The van der Waals surface area contributed by atoms with Crippen molar-refractivity contribution >= 4 is 11.1 Å². The van der Waals surface area contributed by atoms with E-state index in [0.717, 1.165) is 22.2 Å². The Kier molecular flexibility index (Phi) is 3.05. The highest BCUT2D eigenvalue weighted by atomic mass is 16.4. The molecule has 0 spiro atoms. The molecule has 0 bridgehead atoms. The third-order valence-electron chi connectivity index (χ3n) is 3.13. The lowest BCUT2D eigenvalue weighted by atomic mass is 10.0. The summed E-state index contributed by atoms with van der Waals surface area (Å²) in [5.74, 6) is 0.565. The summed E-state index contributed by atoms with van der Waals surface area (Å²) in [5.41, 5.74) is 3.61. The SMILES string of the molecule is Cc1cccc([C@H](O)Cc2nc3ccccc3o2)c1. The molecule has 0 saturated carbocycles. The molecule has 0 aliphatic rings. The Morgan fingerprint density at radius 3 is 2.79 bits per heavy atom. The van der Waals surface area contributed by atoms with Gasteiger partial charge in [-0.15, -0.1) is 0 Å². The Balaban J connectivity index is 1.84. The van der Waals surface area contributed by atoms with Crippen molar-refractivity contribution in [3.05, 3.63) is 65.5 Å². The van der Waals surface area contributed by atoms with E-state index in [9.17, 15) is 5.11 Å². The number of rotatable bonds is 3. The Labute approximate surface area is 111 Å². The van der Waals surface area contributed by atoms with Crippen molar-refractivity contribution < 1.29 is 9.52 Å². The van der Waals surface area contributed by atoms with Crippen molar-refractivity contribution in [2.45, 2.75) is 19.4 Å². The van der Waals surface area contributed by atoms with Gasteiger partial charge in [-0.2, -0.15) is 0 Å². The topological polar surface area (TPSA) is 46.3 Å². The molecule has 1 heterocycles. The number of benzene rings is 2. The molecule has 3 aromatic rings.